The molecule has 0 aliphatic carbocycles. The molecule has 25 heavy (non-hydrogen) atoms. The van der Waals surface area contributed by atoms with Crippen LogP contribution >= 0.6 is 0 Å². The number of benzene rings is 2. The van der Waals surface area contributed by atoms with Gasteiger partial charge in [-0.05, 0) is 12.8 Å². The second kappa shape index (κ2) is 6.97. The van der Waals surface area contributed by atoms with Gasteiger partial charge in [0.15, 0.2) is 46.5 Å². The number of unbranched alkanes of at least 4 members (excludes halogenated alkanes) is 1. The van der Waals surface area contributed by atoms with Crippen molar-refractivity contribution in [2.24, 2.45) is 0 Å². The van der Waals surface area contributed by atoms with Crippen LogP contribution in [0.25, 0.3) is 11.1 Å². The molecule has 0 aromatic heterocycles. The Morgan fingerprint density at radius 1 is 0.480 bits per heavy atom. The van der Waals surface area contributed by atoms with Crippen molar-refractivity contribution < 1.29 is 39.5 Å². The van der Waals surface area contributed by atoms with Gasteiger partial charge in [-0.1, -0.05) is 13.3 Å². The van der Waals surface area contributed by atoms with Crippen LogP contribution in [0.4, 0.5) is 39.5 Å². The molecule has 136 valence electrons. The molecule has 0 bridgehead atoms. The van der Waals surface area contributed by atoms with Crippen LogP contribution in [0, 0.1) is 52.4 Å². The molecule has 0 nitrogen and oxygen atoms in total. The molecule has 0 unspecified atom stereocenters. The molecule has 0 N–H and O–H groups in total. The van der Waals surface area contributed by atoms with Crippen LogP contribution in [0.1, 0.15) is 25.3 Å². The molecule has 0 saturated carbocycles. The van der Waals surface area contributed by atoms with Crippen LogP contribution in [0.2, 0.25) is 0 Å². The molecule has 0 fully saturated rings. The van der Waals surface area contributed by atoms with E-state index in [4.69, 9.17) is 0 Å². The first-order chi connectivity index (χ1) is 11.6. The van der Waals surface area contributed by atoms with Crippen molar-refractivity contribution in [2.75, 3.05) is 0 Å². The monoisotopic (exact) mass is 372 g/mol. The summed E-state index contributed by atoms with van der Waals surface area (Å²) in [4.78, 5) is 0. The standard InChI is InChI=1S/C16H9F9/c1-2-3-4-5-8(17)10(19)6(11(20)9(5)18)7-12(21)14(23)16(25)15(24)13(7)22/h2-4H2,1H3. The average Bonchev–Trinajstić information content (AvgIpc) is 2.59. The zero-order valence-electron chi connectivity index (χ0n) is 12.5. The van der Waals surface area contributed by atoms with Crippen LogP contribution < -0.4 is 0 Å². The Hall–Kier alpha value is -2.19. The Labute approximate surface area is 135 Å². The van der Waals surface area contributed by atoms with Gasteiger partial charge >= 0.3 is 0 Å². The first kappa shape index (κ1) is 19.1. The highest BCUT2D eigenvalue weighted by molar-refractivity contribution is 5.67. The van der Waals surface area contributed by atoms with Crippen molar-refractivity contribution in [3.63, 3.8) is 0 Å². The number of hydrogen-bond donors (Lipinski definition) is 0. The third kappa shape index (κ3) is 2.96. The molecule has 2 aromatic carbocycles. The maximum absolute atomic E-state index is 14.1. The van der Waals surface area contributed by atoms with Gasteiger partial charge in [-0.15, -0.1) is 0 Å². The third-order valence-corrected chi connectivity index (χ3v) is 3.59. The molecule has 2 rings (SSSR count). The zero-order chi connectivity index (χ0) is 19.0. The molecule has 0 aliphatic rings. The predicted molar refractivity (Wildman–Crippen MR) is 70.1 cm³/mol. The fraction of sp³-hybridized carbons (Fsp3) is 0.250. The highest BCUT2D eigenvalue weighted by atomic mass is 19.2. The van der Waals surface area contributed by atoms with Crippen molar-refractivity contribution >= 4 is 0 Å². The largest absolute Gasteiger partial charge is 0.203 e. The van der Waals surface area contributed by atoms with Crippen LogP contribution in [-0.4, -0.2) is 0 Å². The third-order valence-electron chi connectivity index (χ3n) is 3.59. The maximum Gasteiger partial charge on any atom is 0.200 e. The van der Waals surface area contributed by atoms with E-state index in [1.165, 1.54) is 0 Å². The minimum atomic E-state index is -2.58. The Bertz CT molecular complexity index is 784. The lowest BCUT2D eigenvalue weighted by Crippen LogP contribution is -2.11. The molecular weight excluding hydrogens is 363 g/mol. The number of rotatable bonds is 4. The summed E-state index contributed by atoms with van der Waals surface area (Å²) in [7, 11) is 0. The van der Waals surface area contributed by atoms with E-state index in [1.54, 1.807) is 6.92 Å². The number of halogens is 9. The fourth-order valence-corrected chi connectivity index (χ4v) is 2.29. The molecule has 0 radical (unpaired) electrons. The van der Waals surface area contributed by atoms with Crippen molar-refractivity contribution in [1.29, 1.82) is 0 Å². The lowest BCUT2D eigenvalue weighted by Gasteiger charge is -2.14. The lowest BCUT2D eigenvalue weighted by molar-refractivity contribution is 0.379. The predicted octanol–water partition coefficient (Wildman–Crippen LogP) is 5.95. The van der Waals surface area contributed by atoms with Crippen molar-refractivity contribution in [2.45, 2.75) is 26.2 Å². The summed E-state index contributed by atoms with van der Waals surface area (Å²) in [5.41, 5.74) is -5.08. The van der Waals surface area contributed by atoms with Gasteiger partial charge in [-0.3, -0.25) is 0 Å². The van der Waals surface area contributed by atoms with Crippen molar-refractivity contribution in [1.82, 2.24) is 0 Å². The zero-order valence-corrected chi connectivity index (χ0v) is 12.5. The fourth-order valence-electron chi connectivity index (χ4n) is 2.29. The molecule has 9 heteroatoms. The highest BCUT2D eigenvalue weighted by Crippen LogP contribution is 2.37. The summed E-state index contributed by atoms with van der Waals surface area (Å²) in [5, 5.41) is 0. The highest BCUT2D eigenvalue weighted by Gasteiger charge is 2.33. The van der Waals surface area contributed by atoms with E-state index in [9.17, 15) is 39.5 Å². The Morgan fingerprint density at radius 3 is 1.16 bits per heavy atom. The van der Waals surface area contributed by atoms with Crippen LogP contribution in [-0.2, 0) is 6.42 Å². The van der Waals surface area contributed by atoms with Crippen LogP contribution in [0.3, 0.4) is 0 Å². The van der Waals surface area contributed by atoms with E-state index in [-0.39, 0.29) is 6.42 Å². The van der Waals surface area contributed by atoms with E-state index in [0.29, 0.717) is 6.42 Å². The summed E-state index contributed by atoms with van der Waals surface area (Å²) in [6.45, 7) is 1.63. The molecular formula is C16H9F9. The minimum Gasteiger partial charge on any atom is -0.203 e. The van der Waals surface area contributed by atoms with E-state index in [0.717, 1.165) is 0 Å². The van der Waals surface area contributed by atoms with Gasteiger partial charge in [0.2, 0.25) is 5.82 Å². The second-order valence-corrected chi connectivity index (χ2v) is 5.16. The quantitative estimate of drug-likeness (QED) is 0.354. The van der Waals surface area contributed by atoms with Gasteiger partial charge in [0, 0.05) is 5.56 Å². The first-order valence-electron chi connectivity index (χ1n) is 7.01. The molecule has 0 saturated heterocycles. The van der Waals surface area contributed by atoms with Gasteiger partial charge in [0.25, 0.3) is 0 Å². The van der Waals surface area contributed by atoms with Crippen LogP contribution in [0.5, 0.6) is 0 Å². The second-order valence-electron chi connectivity index (χ2n) is 5.16. The Kier molecular flexibility index (Phi) is 5.34. The maximum atomic E-state index is 14.1. The smallest absolute Gasteiger partial charge is 0.200 e. The topological polar surface area (TPSA) is 0 Å². The molecule has 0 atom stereocenters. The average molecular weight is 372 g/mol. The number of hydrogen-bond acceptors (Lipinski definition) is 0. The summed E-state index contributed by atoms with van der Waals surface area (Å²) in [6.07, 6.45) is 0.148. The van der Waals surface area contributed by atoms with Gasteiger partial charge in [-0.25, -0.2) is 39.5 Å². The molecule has 0 aliphatic heterocycles. The van der Waals surface area contributed by atoms with Crippen molar-refractivity contribution in [3.8, 4) is 11.1 Å². The lowest BCUT2D eigenvalue weighted by atomic mass is 9.97. The van der Waals surface area contributed by atoms with E-state index >= 15 is 0 Å². The minimum absolute atomic E-state index is 0.147. The first-order valence-corrected chi connectivity index (χ1v) is 7.01. The van der Waals surface area contributed by atoms with E-state index < -0.39 is 75.5 Å². The molecule has 0 amide bonds. The van der Waals surface area contributed by atoms with Gasteiger partial charge < -0.3 is 0 Å². The van der Waals surface area contributed by atoms with Crippen LogP contribution in [0.15, 0.2) is 0 Å². The Balaban J connectivity index is 2.87. The Morgan fingerprint density at radius 2 is 0.800 bits per heavy atom. The molecule has 2 aromatic rings. The normalized spacial score (nSPS) is 11.3. The van der Waals surface area contributed by atoms with Crippen molar-refractivity contribution in [3.05, 3.63) is 57.9 Å². The molecule has 0 heterocycles. The molecule has 0 spiro atoms. The van der Waals surface area contributed by atoms with Gasteiger partial charge in [0.1, 0.15) is 0 Å². The summed E-state index contributed by atoms with van der Waals surface area (Å²) in [6, 6.07) is 0. The summed E-state index contributed by atoms with van der Waals surface area (Å²) < 4.78 is 123. The van der Waals surface area contributed by atoms with E-state index in [2.05, 4.69) is 0 Å². The van der Waals surface area contributed by atoms with E-state index in [1.807, 2.05) is 0 Å². The summed E-state index contributed by atoms with van der Waals surface area (Å²) in [5.74, 6) is -21.2. The summed E-state index contributed by atoms with van der Waals surface area (Å²) >= 11 is 0. The van der Waals surface area contributed by atoms with Gasteiger partial charge in [-0.2, -0.15) is 0 Å². The SMILES string of the molecule is CCCCc1c(F)c(F)c(-c2c(F)c(F)c(F)c(F)c2F)c(F)c1F. The van der Waals surface area contributed by atoms with Gasteiger partial charge in [0.05, 0.1) is 11.1 Å².